The molecule has 2 amide bonds. The number of carbonyl (C=O) groups excluding carboxylic acids is 4. The second-order valence-corrected chi connectivity index (χ2v) is 8.12. The maximum Gasteiger partial charge on any atom is 0.338 e. The lowest BCUT2D eigenvalue weighted by Crippen LogP contribution is -2.28. The van der Waals surface area contributed by atoms with Crippen LogP contribution in [0.25, 0.3) is 0 Å². The first-order valence-corrected chi connectivity index (χ1v) is 11.0. The Morgan fingerprint density at radius 2 is 1.85 bits per heavy atom. The van der Waals surface area contributed by atoms with Gasteiger partial charge in [0, 0.05) is 29.4 Å². The van der Waals surface area contributed by atoms with Crippen LogP contribution in [0, 0.1) is 12.8 Å². The Hall–Kier alpha value is -3.39. The maximum absolute atomic E-state index is 12.4. The van der Waals surface area contributed by atoms with Crippen molar-refractivity contribution in [3.05, 3.63) is 58.6 Å². The van der Waals surface area contributed by atoms with E-state index in [-0.39, 0.29) is 18.9 Å². The van der Waals surface area contributed by atoms with Gasteiger partial charge in [-0.3, -0.25) is 14.4 Å². The maximum atomic E-state index is 12.4. The molecule has 2 aromatic rings. The number of hydrogen-bond acceptors (Lipinski definition) is 6. The standard InChI is InChI=1S/C24H25ClN2O6/c1-3-10-32-23(30)16-5-8-19(9-6-16)27-13-17(11-22(27)29)24(31)33-14-21(28)26-18-7-4-15(2)20(25)12-18/h4-9,12,17H,3,10-11,13-14H2,1-2H3,(H,26,28). The number of hydrogen-bond donors (Lipinski definition) is 1. The number of halogens is 1. The number of benzene rings is 2. The molecule has 1 unspecified atom stereocenters. The molecule has 8 nitrogen and oxygen atoms in total. The van der Waals surface area contributed by atoms with Crippen molar-refractivity contribution in [2.24, 2.45) is 5.92 Å². The van der Waals surface area contributed by atoms with Gasteiger partial charge in [-0.1, -0.05) is 24.6 Å². The lowest BCUT2D eigenvalue weighted by molar-refractivity contribution is -0.151. The normalized spacial score (nSPS) is 15.3. The number of amides is 2. The molecule has 0 aromatic heterocycles. The molecule has 0 aliphatic carbocycles. The van der Waals surface area contributed by atoms with Gasteiger partial charge in [-0.25, -0.2) is 4.79 Å². The zero-order chi connectivity index (χ0) is 24.0. The fourth-order valence-corrected chi connectivity index (χ4v) is 3.47. The molecule has 174 valence electrons. The van der Waals surface area contributed by atoms with Crippen molar-refractivity contribution in [1.82, 2.24) is 0 Å². The second-order valence-electron chi connectivity index (χ2n) is 7.71. The predicted octanol–water partition coefficient (Wildman–Crippen LogP) is 3.75. The Labute approximate surface area is 196 Å². The van der Waals surface area contributed by atoms with Gasteiger partial charge in [0.25, 0.3) is 5.91 Å². The van der Waals surface area contributed by atoms with E-state index >= 15 is 0 Å². The Kier molecular flexibility index (Phi) is 8.06. The fraction of sp³-hybridized carbons (Fsp3) is 0.333. The van der Waals surface area contributed by atoms with Gasteiger partial charge in [-0.05, 0) is 55.3 Å². The van der Waals surface area contributed by atoms with Crippen molar-refractivity contribution in [1.29, 1.82) is 0 Å². The summed E-state index contributed by atoms with van der Waals surface area (Å²) >= 11 is 6.04. The SMILES string of the molecule is CCCOC(=O)c1ccc(N2CC(C(=O)OCC(=O)Nc3ccc(C)c(Cl)c3)CC2=O)cc1. The van der Waals surface area contributed by atoms with Crippen molar-refractivity contribution < 1.29 is 28.7 Å². The van der Waals surface area contributed by atoms with Crippen LogP contribution in [-0.2, 0) is 23.9 Å². The van der Waals surface area contributed by atoms with Gasteiger partial charge >= 0.3 is 11.9 Å². The Morgan fingerprint density at radius 3 is 2.52 bits per heavy atom. The van der Waals surface area contributed by atoms with Crippen LogP contribution in [0.3, 0.4) is 0 Å². The first kappa shape index (κ1) is 24.3. The summed E-state index contributed by atoms with van der Waals surface area (Å²) < 4.78 is 10.2. The Bertz CT molecular complexity index is 1050. The molecule has 0 spiro atoms. The van der Waals surface area contributed by atoms with Crippen LogP contribution < -0.4 is 10.2 Å². The third-order valence-corrected chi connectivity index (χ3v) is 5.52. The van der Waals surface area contributed by atoms with E-state index in [1.54, 1.807) is 42.5 Å². The monoisotopic (exact) mass is 472 g/mol. The van der Waals surface area contributed by atoms with Gasteiger partial charge < -0.3 is 19.7 Å². The number of ether oxygens (including phenoxy) is 2. The molecule has 1 fully saturated rings. The molecule has 2 aromatic carbocycles. The van der Waals surface area contributed by atoms with E-state index in [0.717, 1.165) is 12.0 Å². The third-order valence-electron chi connectivity index (χ3n) is 5.11. The molecule has 0 bridgehead atoms. The van der Waals surface area contributed by atoms with Crippen LogP contribution in [0.4, 0.5) is 11.4 Å². The van der Waals surface area contributed by atoms with E-state index < -0.39 is 30.4 Å². The van der Waals surface area contributed by atoms with Crippen LogP contribution >= 0.6 is 11.6 Å². The molecule has 1 saturated heterocycles. The van der Waals surface area contributed by atoms with E-state index in [2.05, 4.69) is 5.32 Å². The molecule has 9 heteroatoms. The van der Waals surface area contributed by atoms with Crippen LogP contribution in [0.2, 0.25) is 5.02 Å². The Morgan fingerprint density at radius 1 is 1.12 bits per heavy atom. The number of anilines is 2. The molecule has 0 radical (unpaired) electrons. The number of esters is 2. The molecule has 0 saturated carbocycles. The lowest BCUT2D eigenvalue weighted by Gasteiger charge is -2.17. The number of nitrogens with one attached hydrogen (secondary N) is 1. The minimum absolute atomic E-state index is 0.0195. The molecule has 1 atom stereocenters. The highest BCUT2D eigenvalue weighted by Crippen LogP contribution is 2.26. The molecule has 1 aliphatic heterocycles. The van der Waals surface area contributed by atoms with E-state index in [0.29, 0.717) is 28.6 Å². The van der Waals surface area contributed by atoms with Crippen molar-refractivity contribution in [3.63, 3.8) is 0 Å². The summed E-state index contributed by atoms with van der Waals surface area (Å²) in [4.78, 5) is 50.3. The second kappa shape index (κ2) is 11.0. The zero-order valence-corrected chi connectivity index (χ0v) is 19.2. The van der Waals surface area contributed by atoms with Crippen LogP contribution in [0.15, 0.2) is 42.5 Å². The zero-order valence-electron chi connectivity index (χ0n) is 18.4. The summed E-state index contributed by atoms with van der Waals surface area (Å²) in [5.74, 6) is -2.48. The number of carbonyl (C=O) groups is 4. The summed E-state index contributed by atoms with van der Waals surface area (Å²) in [6.45, 7) is 3.75. The molecule has 1 aliphatic rings. The first-order valence-electron chi connectivity index (χ1n) is 10.6. The highest BCUT2D eigenvalue weighted by atomic mass is 35.5. The number of aryl methyl sites for hydroxylation is 1. The Balaban J connectivity index is 1.51. The summed E-state index contributed by atoms with van der Waals surface area (Å²) in [7, 11) is 0. The van der Waals surface area contributed by atoms with Gasteiger partial charge in [0.2, 0.25) is 5.91 Å². The summed E-state index contributed by atoms with van der Waals surface area (Å²) in [6, 6.07) is 11.5. The molecule has 3 rings (SSSR count). The van der Waals surface area contributed by atoms with Gasteiger partial charge in [-0.15, -0.1) is 0 Å². The third kappa shape index (κ3) is 6.32. The van der Waals surface area contributed by atoms with Crippen molar-refractivity contribution in [2.75, 3.05) is 30.0 Å². The molecule has 1 heterocycles. The number of rotatable bonds is 8. The largest absolute Gasteiger partial charge is 0.462 e. The molecule has 33 heavy (non-hydrogen) atoms. The quantitative estimate of drug-likeness (QED) is 0.587. The minimum atomic E-state index is -0.687. The van der Waals surface area contributed by atoms with E-state index in [1.165, 1.54) is 4.90 Å². The highest BCUT2D eigenvalue weighted by molar-refractivity contribution is 6.31. The van der Waals surface area contributed by atoms with Gasteiger partial charge in [-0.2, -0.15) is 0 Å². The van der Waals surface area contributed by atoms with E-state index in [1.807, 2.05) is 13.8 Å². The smallest absolute Gasteiger partial charge is 0.338 e. The van der Waals surface area contributed by atoms with Crippen molar-refractivity contribution in [3.8, 4) is 0 Å². The van der Waals surface area contributed by atoms with Gasteiger partial charge in [0.05, 0.1) is 18.1 Å². The van der Waals surface area contributed by atoms with Gasteiger partial charge in [0.15, 0.2) is 6.61 Å². The average Bonchev–Trinajstić information content (AvgIpc) is 3.20. The van der Waals surface area contributed by atoms with Crippen molar-refractivity contribution >= 4 is 46.7 Å². The van der Waals surface area contributed by atoms with Crippen molar-refractivity contribution in [2.45, 2.75) is 26.7 Å². The van der Waals surface area contributed by atoms with Gasteiger partial charge in [0.1, 0.15) is 0 Å². The lowest BCUT2D eigenvalue weighted by atomic mass is 10.1. The topological polar surface area (TPSA) is 102 Å². The molecule has 1 N–H and O–H groups in total. The minimum Gasteiger partial charge on any atom is -0.462 e. The first-order chi connectivity index (χ1) is 15.8. The highest BCUT2D eigenvalue weighted by Gasteiger charge is 2.36. The molecular weight excluding hydrogens is 448 g/mol. The van der Waals surface area contributed by atoms with Crippen LogP contribution in [-0.4, -0.2) is 43.5 Å². The predicted molar refractivity (Wildman–Crippen MR) is 123 cm³/mol. The molecular formula is C24H25ClN2O6. The van der Waals surface area contributed by atoms with E-state index in [9.17, 15) is 19.2 Å². The average molecular weight is 473 g/mol. The summed E-state index contributed by atoms with van der Waals surface area (Å²) in [6.07, 6.45) is 0.708. The fourth-order valence-electron chi connectivity index (χ4n) is 3.29. The van der Waals surface area contributed by atoms with Crippen LogP contribution in [0.1, 0.15) is 35.7 Å². The number of nitrogens with zero attached hydrogens (tertiary/aromatic N) is 1. The summed E-state index contributed by atoms with van der Waals surface area (Å²) in [5, 5.41) is 3.12. The summed E-state index contributed by atoms with van der Waals surface area (Å²) in [5.41, 5.74) is 2.32. The van der Waals surface area contributed by atoms with E-state index in [4.69, 9.17) is 21.1 Å². The van der Waals surface area contributed by atoms with Crippen LogP contribution in [0.5, 0.6) is 0 Å².